The van der Waals surface area contributed by atoms with Crippen LogP contribution in [-0.2, 0) is 16.0 Å². The second-order valence-corrected chi connectivity index (χ2v) is 7.34. The number of morpholine rings is 1. The van der Waals surface area contributed by atoms with Crippen LogP contribution in [0.2, 0.25) is 0 Å². The number of amides is 1. The summed E-state index contributed by atoms with van der Waals surface area (Å²) in [5.41, 5.74) is 2.65. The van der Waals surface area contributed by atoms with Crippen LogP contribution in [-0.4, -0.2) is 68.3 Å². The van der Waals surface area contributed by atoms with E-state index >= 15 is 0 Å². The van der Waals surface area contributed by atoms with Gasteiger partial charge in [-0.05, 0) is 36.5 Å². The number of carbonyl (C=O) groups excluding carboxylic acids is 1. The number of methoxy groups -OCH3 is 1. The molecule has 2 heterocycles. The van der Waals surface area contributed by atoms with Crippen molar-refractivity contribution < 1.29 is 14.3 Å². The molecule has 0 spiro atoms. The Bertz CT molecular complexity index is 627. The molecular weight excluding hydrogens is 316 g/mol. The van der Waals surface area contributed by atoms with E-state index < -0.39 is 0 Å². The number of hydrogen-bond acceptors (Lipinski definition) is 4. The van der Waals surface area contributed by atoms with Gasteiger partial charge in [-0.1, -0.05) is 12.1 Å². The Balaban J connectivity index is 1.41. The highest BCUT2D eigenvalue weighted by Gasteiger charge is 2.43. The molecule has 1 aliphatic carbocycles. The highest BCUT2D eigenvalue weighted by atomic mass is 16.5. The Hall–Kier alpha value is -1.59. The van der Waals surface area contributed by atoms with Crippen molar-refractivity contribution in [3.63, 3.8) is 0 Å². The predicted octanol–water partition coefficient (Wildman–Crippen LogP) is 2.05. The normalized spacial score (nSPS) is 26.4. The van der Waals surface area contributed by atoms with E-state index in [9.17, 15) is 4.79 Å². The van der Waals surface area contributed by atoms with Crippen molar-refractivity contribution in [2.45, 2.75) is 37.6 Å². The van der Waals surface area contributed by atoms with Gasteiger partial charge in [0.15, 0.2) is 0 Å². The lowest BCUT2D eigenvalue weighted by Crippen LogP contribution is -2.41. The van der Waals surface area contributed by atoms with Gasteiger partial charge in [-0.2, -0.15) is 0 Å². The van der Waals surface area contributed by atoms with Crippen molar-refractivity contribution in [3.05, 3.63) is 29.3 Å². The van der Waals surface area contributed by atoms with E-state index in [0.29, 0.717) is 24.3 Å². The first-order valence-corrected chi connectivity index (χ1v) is 9.53. The van der Waals surface area contributed by atoms with Crippen LogP contribution in [0.4, 0.5) is 0 Å². The number of rotatable bonds is 5. The third kappa shape index (κ3) is 3.27. The zero-order chi connectivity index (χ0) is 17.2. The Kier molecular flexibility index (Phi) is 4.95. The molecule has 3 aliphatic rings. The fourth-order valence-corrected chi connectivity index (χ4v) is 4.78. The van der Waals surface area contributed by atoms with Crippen LogP contribution in [0, 0.1) is 0 Å². The van der Waals surface area contributed by atoms with E-state index in [2.05, 4.69) is 21.9 Å². The number of carbonyl (C=O) groups is 1. The quantitative estimate of drug-likeness (QED) is 0.820. The summed E-state index contributed by atoms with van der Waals surface area (Å²) >= 11 is 0. The molecule has 0 N–H and O–H groups in total. The third-order valence-electron chi connectivity index (χ3n) is 6.04. The summed E-state index contributed by atoms with van der Waals surface area (Å²) in [6.07, 6.45) is 3.78. The molecule has 2 atom stereocenters. The first-order chi connectivity index (χ1) is 12.3. The van der Waals surface area contributed by atoms with E-state index in [1.807, 2.05) is 6.07 Å². The molecule has 1 aromatic carbocycles. The summed E-state index contributed by atoms with van der Waals surface area (Å²) in [4.78, 5) is 17.3. The van der Waals surface area contributed by atoms with Gasteiger partial charge in [-0.25, -0.2) is 0 Å². The van der Waals surface area contributed by atoms with E-state index in [1.165, 1.54) is 11.1 Å². The number of hydrogen-bond donors (Lipinski definition) is 0. The molecule has 136 valence electrons. The maximum Gasteiger partial charge on any atom is 0.223 e. The van der Waals surface area contributed by atoms with E-state index in [4.69, 9.17) is 9.47 Å². The van der Waals surface area contributed by atoms with Crippen molar-refractivity contribution in [2.75, 3.05) is 46.5 Å². The Morgan fingerprint density at radius 3 is 2.88 bits per heavy atom. The van der Waals surface area contributed by atoms with Crippen LogP contribution < -0.4 is 4.74 Å². The molecule has 0 saturated carbocycles. The van der Waals surface area contributed by atoms with Gasteiger partial charge in [0.1, 0.15) is 5.75 Å². The van der Waals surface area contributed by atoms with Gasteiger partial charge in [-0.15, -0.1) is 0 Å². The largest absolute Gasteiger partial charge is 0.496 e. The molecule has 1 amide bonds. The first-order valence-electron chi connectivity index (χ1n) is 9.53. The van der Waals surface area contributed by atoms with Gasteiger partial charge < -0.3 is 14.4 Å². The fraction of sp³-hybridized carbons (Fsp3) is 0.650. The Labute approximate surface area is 149 Å². The van der Waals surface area contributed by atoms with E-state index in [0.717, 1.165) is 64.4 Å². The van der Waals surface area contributed by atoms with Crippen LogP contribution in [0.5, 0.6) is 5.75 Å². The van der Waals surface area contributed by atoms with Crippen molar-refractivity contribution in [3.8, 4) is 5.75 Å². The van der Waals surface area contributed by atoms with Gasteiger partial charge in [0.25, 0.3) is 0 Å². The molecule has 0 aromatic heterocycles. The molecular formula is C20H28N2O3. The molecule has 2 fully saturated rings. The molecule has 0 radical (unpaired) electrons. The summed E-state index contributed by atoms with van der Waals surface area (Å²) in [7, 11) is 1.74. The minimum absolute atomic E-state index is 0.327. The van der Waals surface area contributed by atoms with Crippen LogP contribution in [0.1, 0.15) is 36.3 Å². The molecule has 5 nitrogen and oxygen atoms in total. The summed E-state index contributed by atoms with van der Waals surface area (Å²) < 4.78 is 10.9. The second-order valence-electron chi connectivity index (χ2n) is 7.34. The molecule has 1 aromatic rings. The summed E-state index contributed by atoms with van der Waals surface area (Å²) in [6, 6.07) is 6.66. The average molecular weight is 344 g/mol. The van der Waals surface area contributed by atoms with Crippen LogP contribution in [0.3, 0.4) is 0 Å². The smallest absolute Gasteiger partial charge is 0.223 e. The average Bonchev–Trinajstić information content (AvgIpc) is 2.98. The topological polar surface area (TPSA) is 42.0 Å². The van der Waals surface area contributed by atoms with Crippen molar-refractivity contribution in [2.24, 2.45) is 0 Å². The third-order valence-corrected chi connectivity index (χ3v) is 6.04. The zero-order valence-electron chi connectivity index (χ0n) is 15.1. The number of likely N-dealkylation sites (tertiary alicyclic amines) is 1. The standard InChI is InChI=1S/C20H28N2O3/c1-24-19-5-2-4-15-16(19)6-7-18-17(15)14-20(23)22(18)9-3-8-21-10-12-25-13-11-21/h2,4-5,17-18H,3,6-14H2,1H3/t17-,18+/m1/s1. The molecule has 0 unspecified atom stereocenters. The highest BCUT2D eigenvalue weighted by Crippen LogP contribution is 2.44. The maximum atomic E-state index is 12.6. The fourth-order valence-electron chi connectivity index (χ4n) is 4.78. The van der Waals surface area contributed by atoms with Crippen LogP contribution in [0.15, 0.2) is 18.2 Å². The second kappa shape index (κ2) is 7.34. The van der Waals surface area contributed by atoms with Crippen molar-refractivity contribution in [1.82, 2.24) is 9.80 Å². The lowest BCUT2D eigenvalue weighted by atomic mass is 9.79. The van der Waals surface area contributed by atoms with Gasteiger partial charge in [0.05, 0.1) is 20.3 Å². The monoisotopic (exact) mass is 344 g/mol. The minimum atomic E-state index is 0.327. The molecule has 4 rings (SSSR count). The number of ether oxygens (including phenoxy) is 2. The molecule has 2 aliphatic heterocycles. The van der Waals surface area contributed by atoms with Crippen molar-refractivity contribution >= 4 is 5.91 Å². The number of nitrogens with zero attached hydrogens (tertiary/aromatic N) is 2. The predicted molar refractivity (Wildman–Crippen MR) is 96.1 cm³/mol. The molecule has 5 heteroatoms. The highest BCUT2D eigenvalue weighted by molar-refractivity contribution is 5.81. The SMILES string of the molecule is COc1cccc2c1CC[C@H]1[C@@H]2CC(=O)N1CCCN1CCOCC1. The lowest BCUT2D eigenvalue weighted by Gasteiger charge is -2.34. The lowest BCUT2D eigenvalue weighted by molar-refractivity contribution is -0.129. The van der Waals surface area contributed by atoms with E-state index in [1.54, 1.807) is 7.11 Å². The van der Waals surface area contributed by atoms with Gasteiger partial charge in [0, 0.05) is 44.6 Å². The summed E-state index contributed by atoms with van der Waals surface area (Å²) in [5.74, 6) is 1.65. The van der Waals surface area contributed by atoms with Crippen LogP contribution >= 0.6 is 0 Å². The minimum Gasteiger partial charge on any atom is -0.496 e. The van der Waals surface area contributed by atoms with Crippen molar-refractivity contribution in [1.29, 1.82) is 0 Å². The maximum absolute atomic E-state index is 12.6. The molecule has 0 bridgehead atoms. The molecule has 25 heavy (non-hydrogen) atoms. The van der Waals surface area contributed by atoms with Gasteiger partial charge >= 0.3 is 0 Å². The van der Waals surface area contributed by atoms with Gasteiger partial charge in [0.2, 0.25) is 5.91 Å². The summed E-state index contributed by atoms with van der Waals surface area (Å²) in [6.45, 7) is 5.67. The first kappa shape index (κ1) is 16.9. The van der Waals surface area contributed by atoms with E-state index in [-0.39, 0.29) is 0 Å². The van der Waals surface area contributed by atoms with Crippen LogP contribution in [0.25, 0.3) is 0 Å². The Morgan fingerprint density at radius 2 is 2.08 bits per heavy atom. The number of fused-ring (bicyclic) bond motifs is 3. The zero-order valence-corrected chi connectivity index (χ0v) is 15.1. The molecule has 2 saturated heterocycles. The number of benzene rings is 1. The van der Waals surface area contributed by atoms with Gasteiger partial charge in [-0.3, -0.25) is 9.69 Å². The Morgan fingerprint density at radius 1 is 1.24 bits per heavy atom. The summed E-state index contributed by atoms with van der Waals surface area (Å²) in [5, 5.41) is 0.